The molecule has 1 aromatic heterocycles. The van der Waals surface area contributed by atoms with E-state index in [2.05, 4.69) is 61.1 Å². The Morgan fingerprint density at radius 2 is 1.77 bits per heavy atom. The van der Waals surface area contributed by atoms with E-state index in [-0.39, 0.29) is 9.33 Å². The molecule has 0 spiro atoms. The van der Waals surface area contributed by atoms with Crippen LogP contribution in [0.15, 0.2) is 42.6 Å². The van der Waals surface area contributed by atoms with Crippen LogP contribution in [0.2, 0.25) is 0 Å². The molecule has 0 saturated carbocycles. The van der Waals surface area contributed by atoms with Gasteiger partial charge in [-0.2, -0.15) is 0 Å². The van der Waals surface area contributed by atoms with Crippen LogP contribution in [0, 0.1) is 6.92 Å². The summed E-state index contributed by atoms with van der Waals surface area (Å²) in [6, 6.07) is 12.4. The van der Waals surface area contributed by atoms with Gasteiger partial charge in [-0.05, 0) is 0 Å². The molecule has 26 heavy (non-hydrogen) atoms. The molecule has 3 rings (SSSR count). The number of pyridine rings is 1. The molecule has 1 fully saturated rings. The fraction of sp³-hybridized carbons (Fsp3) is 0.429. The Bertz CT molecular complexity index is 760. The standard InChI is InChI=1S/C21H28IN3O/c1-16-6-5-13-23-19(16)25-14-11-22(12-15-25)20(26)24-18-9-7-17(8-10-18)21(2,3)4/h5-10,13H,11-12,14-15H2,1-4H3,(H,24,26). The van der Waals surface area contributed by atoms with E-state index >= 15 is 0 Å². The van der Waals surface area contributed by atoms with Crippen molar-refractivity contribution in [1.82, 2.24) is 4.98 Å². The van der Waals surface area contributed by atoms with E-state index in [0.29, 0.717) is 0 Å². The first-order valence-corrected chi connectivity index (χ1v) is 13.2. The van der Waals surface area contributed by atoms with E-state index in [9.17, 15) is 4.79 Å². The van der Waals surface area contributed by atoms with E-state index < -0.39 is 19.8 Å². The summed E-state index contributed by atoms with van der Waals surface area (Å²) in [6.07, 6.45) is 1.85. The zero-order valence-corrected chi connectivity index (χ0v) is 18.2. The van der Waals surface area contributed by atoms with Crippen LogP contribution in [-0.2, 0) is 5.41 Å². The molecule has 0 aliphatic carbocycles. The van der Waals surface area contributed by atoms with E-state index in [1.165, 1.54) is 11.1 Å². The van der Waals surface area contributed by atoms with Gasteiger partial charge in [0.1, 0.15) is 0 Å². The number of aryl methyl sites for hydroxylation is 1. The van der Waals surface area contributed by atoms with Gasteiger partial charge in [-0.15, -0.1) is 0 Å². The van der Waals surface area contributed by atoms with Crippen LogP contribution >= 0.6 is 19.8 Å². The van der Waals surface area contributed by atoms with Gasteiger partial charge in [0, 0.05) is 0 Å². The summed E-state index contributed by atoms with van der Waals surface area (Å²) in [5.41, 5.74) is 3.55. The molecule has 0 bridgehead atoms. The molecule has 1 aromatic carbocycles. The predicted molar refractivity (Wildman–Crippen MR) is 119 cm³/mol. The number of rotatable bonds is 3. The Kier molecular flexibility index (Phi) is 5.85. The second-order valence-electron chi connectivity index (χ2n) is 7.69. The van der Waals surface area contributed by atoms with Gasteiger partial charge in [0.2, 0.25) is 0 Å². The van der Waals surface area contributed by atoms with Crippen molar-refractivity contribution in [1.29, 1.82) is 0 Å². The van der Waals surface area contributed by atoms with E-state index in [0.717, 1.165) is 33.4 Å². The van der Waals surface area contributed by atoms with Gasteiger partial charge in [-0.1, -0.05) is 0 Å². The fourth-order valence-electron chi connectivity index (χ4n) is 3.04. The zero-order chi connectivity index (χ0) is 18.7. The van der Waals surface area contributed by atoms with Gasteiger partial charge in [0.25, 0.3) is 0 Å². The molecular formula is C21H28IN3O. The number of nitrogens with one attached hydrogen (secondary N) is 1. The minimum atomic E-state index is -1.63. The van der Waals surface area contributed by atoms with Crippen molar-refractivity contribution < 1.29 is 4.79 Å². The second kappa shape index (κ2) is 7.94. The summed E-state index contributed by atoms with van der Waals surface area (Å²) in [4.78, 5) is 19.5. The molecule has 1 N–H and O–H groups in total. The van der Waals surface area contributed by atoms with Gasteiger partial charge in [0.15, 0.2) is 0 Å². The van der Waals surface area contributed by atoms with Crippen LogP contribution in [0.25, 0.3) is 0 Å². The molecule has 1 aliphatic rings. The Morgan fingerprint density at radius 1 is 1.12 bits per heavy atom. The number of halogens is 1. The number of benzene rings is 1. The average Bonchev–Trinajstić information content (AvgIpc) is 2.62. The number of alkyl halides is 2. The molecule has 0 radical (unpaired) electrons. The number of amides is 1. The van der Waals surface area contributed by atoms with Crippen molar-refractivity contribution in [2.45, 2.75) is 33.1 Å². The number of nitrogens with zero attached hydrogens (tertiary/aromatic N) is 2. The Balaban J connectivity index is 1.56. The average molecular weight is 465 g/mol. The van der Waals surface area contributed by atoms with Crippen LogP contribution < -0.4 is 10.2 Å². The number of hydrogen-bond donors (Lipinski definition) is 1. The number of anilines is 2. The third kappa shape index (κ3) is 4.55. The second-order valence-corrected chi connectivity index (χ2v) is 13.4. The van der Waals surface area contributed by atoms with E-state index in [1.54, 1.807) is 0 Å². The third-order valence-electron chi connectivity index (χ3n) is 4.68. The van der Waals surface area contributed by atoms with Crippen molar-refractivity contribution in [2.75, 3.05) is 32.2 Å². The van der Waals surface area contributed by atoms with Crippen LogP contribution in [0.5, 0.6) is 0 Å². The summed E-state index contributed by atoms with van der Waals surface area (Å²) in [5, 5.41) is 3.15. The maximum atomic E-state index is 12.7. The Hall–Kier alpha value is -1.63. The van der Waals surface area contributed by atoms with Gasteiger partial charge >= 0.3 is 164 Å². The van der Waals surface area contributed by atoms with Gasteiger partial charge < -0.3 is 0 Å². The predicted octanol–water partition coefficient (Wildman–Crippen LogP) is 5.25. The van der Waals surface area contributed by atoms with Gasteiger partial charge in [-0.3, -0.25) is 0 Å². The maximum absolute atomic E-state index is 12.7. The first-order valence-electron chi connectivity index (χ1n) is 9.04. The molecule has 4 nitrogen and oxygen atoms in total. The minimum absolute atomic E-state index is 0.134. The summed E-state index contributed by atoms with van der Waals surface area (Å²) in [6.45, 7) is 10.6. The molecule has 1 amide bonds. The molecule has 0 atom stereocenters. The molecule has 5 heteroatoms. The summed E-state index contributed by atoms with van der Waals surface area (Å²) in [5.74, 6) is 1.07. The molecule has 140 valence electrons. The Morgan fingerprint density at radius 3 is 2.35 bits per heavy atom. The third-order valence-corrected chi connectivity index (χ3v) is 9.91. The van der Waals surface area contributed by atoms with E-state index in [4.69, 9.17) is 0 Å². The molecular weight excluding hydrogens is 437 g/mol. The van der Waals surface area contributed by atoms with Crippen molar-refractivity contribution in [3.63, 3.8) is 0 Å². The summed E-state index contributed by atoms with van der Waals surface area (Å²) >= 11 is -1.63. The Labute approximate surface area is 163 Å². The van der Waals surface area contributed by atoms with Crippen molar-refractivity contribution in [3.05, 3.63) is 53.7 Å². The SMILES string of the molecule is Cc1cccnc1N1CCI(C(=O)Nc2ccc(C(C)(C)C)cc2)CC1. The van der Waals surface area contributed by atoms with Crippen molar-refractivity contribution in [3.8, 4) is 0 Å². The van der Waals surface area contributed by atoms with Gasteiger partial charge in [0.05, 0.1) is 0 Å². The van der Waals surface area contributed by atoms with E-state index in [1.807, 2.05) is 24.4 Å². The topological polar surface area (TPSA) is 45.2 Å². The molecule has 0 unspecified atom stereocenters. The number of carbonyl (C=O) groups is 1. The summed E-state index contributed by atoms with van der Waals surface area (Å²) < 4.78 is 2.33. The van der Waals surface area contributed by atoms with Crippen LogP contribution in [0.4, 0.5) is 16.3 Å². The number of carbonyl (C=O) groups excluding carboxylic acids is 1. The van der Waals surface area contributed by atoms with Crippen LogP contribution in [0.3, 0.4) is 0 Å². The molecule has 1 saturated heterocycles. The van der Waals surface area contributed by atoms with Crippen molar-refractivity contribution >= 4 is 35.2 Å². The van der Waals surface area contributed by atoms with Crippen LogP contribution in [0.1, 0.15) is 31.9 Å². The molecule has 1 aliphatic heterocycles. The van der Waals surface area contributed by atoms with Crippen molar-refractivity contribution in [2.24, 2.45) is 0 Å². The van der Waals surface area contributed by atoms with Gasteiger partial charge in [-0.25, -0.2) is 0 Å². The quantitative estimate of drug-likeness (QED) is 0.292. The fourth-order valence-corrected chi connectivity index (χ4v) is 7.58. The number of hydrogen-bond acceptors (Lipinski definition) is 3. The zero-order valence-electron chi connectivity index (χ0n) is 16.1. The molecule has 2 aromatic rings. The molecule has 2 heterocycles. The first kappa shape index (κ1) is 19.1. The number of aromatic nitrogens is 1. The summed E-state index contributed by atoms with van der Waals surface area (Å²) in [7, 11) is 0. The monoisotopic (exact) mass is 465 g/mol. The first-order chi connectivity index (χ1) is 12.3. The van der Waals surface area contributed by atoms with Crippen LogP contribution in [-0.4, -0.2) is 30.8 Å². The normalized spacial score (nSPS) is 16.5.